The average Bonchev–Trinajstić information content (AvgIpc) is 3.42. The van der Waals surface area contributed by atoms with E-state index in [-0.39, 0.29) is 18.0 Å². The van der Waals surface area contributed by atoms with Crippen LogP contribution in [0.15, 0.2) is 42.2 Å². The van der Waals surface area contributed by atoms with Crippen molar-refractivity contribution in [2.24, 2.45) is 0 Å². The zero-order valence-corrected chi connectivity index (χ0v) is 16.2. The van der Waals surface area contributed by atoms with E-state index in [2.05, 4.69) is 34.2 Å². The fraction of sp³-hybridized carbons (Fsp3) is 0.368. The van der Waals surface area contributed by atoms with Crippen LogP contribution >= 0.6 is 11.3 Å². The minimum Gasteiger partial charge on any atom is -0.331 e. The lowest BCUT2D eigenvalue weighted by molar-refractivity contribution is 0.0621. The molecule has 0 saturated carbocycles. The van der Waals surface area contributed by atoms with Crippen LogP contribution in [0.2, 0.25) is 0 Å². The lowest BCUT2D eigenvalue weighted by atomic mass is 10.1. The molecule has 0 spiro atoms. The predicted octanol–water partition coefficient (Wildman–Crippen LogP) is 2.60. The molecule has 0 aliphatic carbocycles. The molecule has 7 nitrogen and oxygen atoms in total. The van der Waals surface area contributed by atoms with Crippen LogP contribution in [-0.4, -0.2) is 55.7 Å². The van der Waals surface area contributed by atoms with Gasteiger partial charge in [0.1, 0.15) is 10.7 Å². The number of thiazole rings is 1. The van der Waals surface area contributed by atoms with Gasteiger partial charge in [0.05, 0.1) is 6.20 Å². The largest absolute Gasteiger partial charge is 0.331 e. The van der Waals surface area contributed by atoms with Crippen molar-refractivity contribution in [3.63, 3.8) is 0 Å². The molecular weight excluding hydrogens is 360 g/mol. The highest BCUT2D eigenvalue weighted by Crippen LogP contribution is 2.26. The number of pyridine rings is 1. The highest BCUT2D eigenvalue weighted by atomic mass is 32.1. The predicted molar refractivity (Wildman–Crippen MR) is 105 cm³/mol. The maximum atomic E-state index is 13.1. The van der Waals surface area contributed by atoms with E-state index in [4.69, 9.17) is 0 Å². The quantitative estimate of drug-likeness (QED) is 0.734. The van der Waals surface area contributed by atoms with Gasteiger partial charge in [-0.15, -0.1) is 11.3 Å². The van der Waals surface area contributed by atoms with Crippen molar-refractivity contribution in [3.05, 3.63) is 47.9 Å². The second-order valence-electron chi connectivity index (χ2n) is 6.85. The number of nitrogens with zero attached hydrogens (tertiary/aromatic N) is 5. The highest BCUT2D eigenvalue weighted by molar-refractivity contribution is 7.13. The van der Waals surface area contributed by atoms with E-state index >= 15 is 0 Å². The fourth-order valence-electron chi connectivity index (χ4n) is 3.38. The fourth-order valence-corrected chi connectivity index (χ4v) is 4.15. The molecule has 1 N–H and O–H groups in total. The monoisotopic (exact) mass is 382 g/mol. The van der Waals surface area contributed by atoms with Gasteiger partial charge in [-0.25, -0.2) is 14.6 Å². The molecule has 3 aromatic heterocycles. The van der Waals surface area contributed by atoms with Gasteiger partial charge in [-0.1, -0.05) is 6.07 Å². The van der Waals surface area contributed by atoms with Crippen LogP contribution in [0, 0.1) is 0 Å². The van der Waals surface area contributed by atoms with Gasteiger partial charge < -0.3 is 10.2 Å². The van der Waals surface area contributed by atoms with Gasteiger partial charge in [0.15, 0.2) is 5.82 Å². The highest BCUT2D eigenvalue weighted by Gasteiger charge is 2.30. The maximum absolute atomic E-state index is 13.1. The van der Waals surface area contributed by atoms with Crippen molar-refractivity contribution in [3.8, 4) is 16.4 Å². The third kappa shape index (κ3) is 3.63. The van der Waals surface area contributed by atoms with E-state index < -0.39 is 0 Å². The average molecular weight is 382 g/mol. The summed E-state index contributed by atoms with van der Waals surface area (Å²) in [4.78, 5) is 23.9. The van der Waals surface area contributed by atoms with Crippen LogP contribution < -0.4 is 5.32 Å². The lowest BCUT2D eigenvalue weighted by Crippen LogP contribution is -2.46. The van der Waals surface area contributed by atoms with Crippen LogP contribution in [0.25, 0.3) is 16.4 Å². The zero-order chi connectivity index (χ0) is 18.8. The van der Waals surface area contributed by atoms with Crippen LogP contribution in [-0.2, 0) is 0 Å². The summed E-state index contributed by atoms with van der Waals surface area (Å²) in [6, 6.07) is 6.05. The third-order valence-corrected chi connectivity index (χ3v) is 5.55. The first kappa shape index (κ1) is 17.8. The number of carbonyl (C=O) groups excluding carboxylic acids is 1. The van der Waals surface area contributed by atoms with Crippen molar-refractivity contribution >= 4 is 17.2 Å². The molecule has 0 radical (unpaired) electrons. The van der Waals surface area contributed by atoms with Crippen LogP contribution in [0.1, 0.15) is 30.8 Å². The zero-order valence-electron chi connectivity index (χ0n) is 15.4. The van der Waals surface area contributed by atoms with Gasteiger partial charge in [-0.05, 0) is 38.9 Å². The Morgan fingerprint density at radius 1 is 1.41 bits per heavy atom. The Bertz CT molecular complexity index is 913. The number of hydrogen-bond acceptors (Lipinski definition) is 6. The first-order valence-electron chi connectivity index (χ1n) is 9.09. The Hall–Kier alpha value is -2.58. The lowest BCUT2D eigenvalue weighted by Gasteiger charge is -2.31. The molecule has 0 bridgehead atoms. The molecule has 8 heteroatoms. The number of aromatic nitrogens is 4. The first-order chi connectivity index (χ1) is 13.1. The molecule has 0 unspecified atom stereocenters. The number of rotatable bonds is 5. The molecule has 4 rings (SSSR count). The standard InChI is InChI=1S/C19H22N6OS/c1-13(2)25(15-6-8-20-10-15)19(26)16-12-27-18(23-16)14-9-22-24(11-14)17-5-3-4-7-21-17/h3-5,7,9,11-13,15,20H,6,8,10H2,1-2H3/t15-/m0/s1. The molecule has 1 atom stereocenters. The smallest absolute Gasteiger partial charge is 0.273 e. The Kier molecular flexibility index (Phi) is 5.00. The number of amides is 1. The molecule has 140 valence electrons. The topological polar surface area (TPSA) is 75.9 Å². The van der Waals surface area contributed by atoms with E-state index in [1.165, 1.54) is 11.3 Å². The summed E-state index contributed by atoms with van der Waals surface area (Å²) in [5.41, 5.74) is 1.38. The minimum atomic E-state index is -0.00156. The SMILES string of the molecule is CC(C)N(C(=O)c1csc(-c2cnn(-c3ccccn3)c2)n1)[C@H]1CCNC1. The van der Waals surface area contributed by atoms with Crippen LogP contribution in [0.5, 0.6) is 0 Å². The minimum absolute atomic E-state index is 0.00156. The Labute approximate surface area is 162 Å². The van der Waals surface area contributed by atoms with Crippen molar-refractivity contribution in [1.82, 2.24) is 30.0 Å². The molecular formula is C19H22N6OS. The van der Waals surface area contributed by atoms with Crippen LogP contribution in [0.3, 0.4) is 0 Å². The summed E-state index contributed by atoms with van der Waals surface area (Å²) in [6.07, 6.45) is 6.35. The Morgan fingerprint density at radius 3 is 3.00 bits per heavy atom. The second-order valence-corrected chi connectivity index (χ2v) is 7.71. The summed E-state index contributed by atoms with van der Waals surface area (Å²) in [6.45, 7) is 5.91. The Balaban J connectivity index is 1.56. The van der Waals surface area contributed by atoms with Gasteiger partial charge in [-0.2, -0.15) is 5.10 Å². The maximum Gasteiger partial charge on any atom is 0.273 e. The molecule has 27 heavy (non-hydrogen) atoms. The van der Waals surface area contributed by atoms with Gasteiger partial charge in [0.25, 0.3) is 5.91 Å². The van der Waals surface area contributed by atoms with Gasteiger partial charge in [-0.3, -0.25) is 4.79 Å². The van der Waals surface area contributed by atoms with Crippen molar-refractivity contribution in [2.45, 2.75) is 32.4 Å². The summed E-state index contributed by atoms with van der Waals surface area (Å²) in [5, 5.41) is 10.3. The van der Waals surface area contributed by atoms with E-state index in [0.29, 0.717) is 5.69 Å². The van der Waals surface area contributed by atoms with Crippen LogP contribution in [0.4, 0.5) is 0 Å². The van der Waals surface area contributed by atoms with E-state index in [1.807, 2.05) is 34.7 Å². The molecule has 3 aromatic rings. The molecule has 1 fully saturated rings. The molecule has 0 aromatic carbocycles. The summed E-state index contributed by atoms with van der Waals surface area (Å²) in [5.74, 6) is 0.745. The molecule has 1 amide bonds. The molecule has 4 heterocycles. The van der Waals surface area contributed by atoms with Gasteiger partial charge >= 0.3 is 0 Å². The number of carbonyl (C=O) groups is 1. The third-order valence-electron chi connectivity index (χ3n) is 4.66. The van der Waals surface area contributed by atoms with E-state index in [0.717, 1.165) is 35.9 Å². The van der Waals surface area contributed by atoms with E-state index in [9.17, 15) is 4.79 Å². The summed E-state index contributed by atoms with van der Waals surface area (Å²) < 4.78 is 1.71. The van der Waals surface area contributed by atoms with Crippen molar-refractivity contribution in [1.29, 1.82) is 0 Å². The van der Waals surface area contributed by atoms with Crippen molar-refractivity contribution in [2.75, 3.05) is 13.1 Å². The normalized spacial score (nSPS) is 16.8. The summed E-state index contributed by atoms with van der Waals surface area (Å²) in [7, 11) is 0. The Morgan fingerprint density at radius 2 is 2.30 bits per heavy atom. The molecule has 1 saturated heterocycles. The molecule has 1 aliphatic rings. The summed E-state index contributed by atoms with van der Waals surface area (Å²) >= 11 is 1.46. The van der Waals surface area contributed by atoms with Crippen molar-refractivity contribution < 1.29 is 4.79 Å². The van der Waals surface area contributed by atoms with E-state index in [1.54, 1.807) is 17.1 Å². The number of nitrogens with one attached hydrogen (secondary N) is 1. The second kappa shape index (κ2) is 7.58. The number of hydrogen-bond donors (Lipinski definition) is 1. The first-order valence-corrected chi connectivity index (χ1v) is 9.97. The molecule has 1 aliphatic heterocycles. The van der Waals surface area contributed by atoms with Gasteiger partial charge in [0.2, 0.25) is 0 Å². The van der Waals surface area contributed by atoms with Gasteiger partial charge in [0, 0.05) is 42.0 Å².